The molecule has 0 spiro atoms. The summed E-state index contributed by atoms with van der Waals surface area (Å²) in [5.74, 6) is 1.05. The van der Waals surface area contributed by atoms with E-state index in [2.05, 4.69) is 0 Å². The zero-order valence-electron chi connectivity index (χ0n) is 9.05. The van der Waals surface area contributed by atoms with Gasteiger partial charge in [-0.15, -0.1) is 0 Å². The molecule has 1 aromatic carbocycles. The summed E-state index contributed by atoms with van der Waals surface area (Å²) < 4.78 is 5.09. The van der Waals surface area contributed by atoms with Gasteiger partial charge in [-0.1, -0.05) is 12.1 Å². The Kier molecular flexibility index (Phi) is 3.12. The van der Waals surface area contributed by atoms with Crippen molar-refractivity contribution in [1.29, 1.82) is 0 Å². The molecule has 1 aliphatic heterocycles. The summed E-state index contributed by atoms with van der Waals surface area (Å²) in [6, 6.07) is 6.99. The number of carboxylic acids is 1. The first-order valence-corrected chi connectivity index (χ1v) is 5.17. The second-order valence-electron chi connectivity index (χ2n) is 3.64. The van der Waals surface area contributed by atoms with Gasteiger partial charge in [-0.05, 0) is 17.7 Å². The molecule has 0 radical (unpaired) electrons. The van der Waals surface area contributed by atoms with Crippen LogP contribution in [0.25, 0.3) is 0 Å². The first-order chi connectivity index (χ1) is 8.20. The topological polar surface area (TPSA) is 66.8 Å². The summed E-state index contributed by atoms with van der Waals surface area (Å²) in [4.78, 5) is 22.8. The highest BCUT2D eigenvalue weighted by molar-refractivity contribution is 5.71. The fourth-order valence-corrected chi connectivity index (χ4v) is 1.71. The maximum atomic E-state index is 10.6. The first-order valence-electron chi connectivity index (χ1n) is 5.17. The SMILES string of the molecule is O=C=C1OCCN1c1ccc(CC(=O)O)cc1. The third-order valence-electron chi connectivity index (χ3n) is 2.49. The van der Waals surface area contributed by atoms with Crippen LogP contribution < -0.4 is 4.90 Å². The van der Waals surface area contributed by atoms with Crippen molar-refractivity contribution in [3.05, 3.63) is 35.7 Å². The average molecular weight is 233 g/mol. The normalized spacial score (nSPS) is 14.4. The molecule has 1 fully saturated rings. The van der Waals surface area contributed by atoms with Crippen LogP contribution >= 0.6 is 0 Å². The molecule has 0 unspecified atom stereocenters. The Bertz CT molecular complexity index is 474. The minimum absolute atomic E-state index is 0.00679. The van der Waals surface area contributed by atoms with E-state index in [1.165, 1.54) is 0 Å². The van der Waals surface area contributed by atoms with E-state index in [1.54, 1.807) is 35.1 Å². The number of ether oxygens (including phenoxy) is 1. The van der Waals surface area contributed by atoms with E-state index in [-0.39, 0.29) is 12.3 Å². The van der Waals surface area contributed by atoms with Gasteiger partial charge in [0.15, 0.2) is 5.94 Å². The number of hydrogen-bond acceptors (Lipinski definition) is 4. The van der Waals surface area contributed by atoms with E-state index in [9.17, 15) is 9.59 Å². The molecule has 88 valence electrons. The molecule has 0 aromatic heterocycles. The summed E-state index contributed by atoms with van der Waals surface area (Å²) in [5, 5.41) is 8.64. The van der Waals surface area contributed by atoms with Crippen LogP contribution in [0.4, 0.5) is 5.69 Å². The quantitative estimate of drug-likeness (QED) is 0.783. The Balaban J connectivity index is 2.18. The number of aliphatic carboxylic acids is 1. The van der Waals surface area contributed by atoms with Crippen molar-refractivity contribution in [2.75, 3.05) is 18.1 Å². The predicted molar refractivity (Wildman–Crippen MR) is 60.3 cm³/mol. The van der Waals surface area contributed by atoms with Crippen LogP contribution in [0.5, 0.6) is 0 Å². The molecular formula is C12H11NO4. The molecule has 1 aromatic rings. The van der Waals surface area contributed by atoms with Crippen LogP contribution in [0.1, 0.15) is 5.56 Å². The van der Waals surface area contributed by atoms with Gasteiger partial charge >= 0.3 is 5.97 Å². The highest BCUT2D eigenvalue weighted by Crippen LogP contribution is 2.22. The molecule has 1 saturated heterocycles. The van der Waals surface area contributed by atoms with Gasteiger partial charge in [0.25, 0.3) is 5.88 Å². The lowest BCUT2D eigenvalue weighted by Crippen LogP contribution is -2.17. The van der Waals surface area contributed by atoms with E-state index in [4.69, 9.17) is 9.84 Å². The third-order valence-corrected chi connectivity index (χ3v) is 2.49. The van der Waals surface area contributed by atoms with Gasteiger partial charge in [0.05, 0.1) is 13.0 Å². The number of anilines is 1. The third kappa shape index (κ3) is 2.46. The van der Waals surface area contributed by atoms with Crippen LogP contribution in [-0.2, 0) is 20.7 Å². The Labute approximate surface area is 97.9 Å². The van der Waals surface area contributed by atoms with Crippen molar-refractivity contribution in [3.63, 3.8) is 0 Å². The number of hydrogen-bond donors (Lipinski definition) is 1. The summed E-state index contributed by atoms with van der Waals surface area (Å²) >= 11 is 0. The van der Waals surface area contributed by atoms with Crippen LogP contribution in [0.15, 0.2) is 30.1 Å². The van der Waals surface area contributed by atoms with E-state index in [0.29, 0.717) is 13.2 Å². The molecule has 1 N–H and O–H groups in total. The molecule has 2 rings (SSSR count). The van der Waals surface area contributed by atoms with Crippen molar-refractivity contribution in [2.24, 2.45) is 0 Å². The van der Waals surface area contributed by atoms with Crippen LogP contribution in [0, 0.1) is 0 Å². The molecule has 0 atom stereocenters. The smallest absolute Gasteiger partial charge is 0.307 e. The first kappa shape index (κ1) is 11.2. The van der Waals surface area contributed by atoms with E-state index >= 15 is 0 Å². The fraction of sp³-hybridized carbons (Fsp3) is 0.250. The van der Waals surface area contributed by atoms with Gasteiger partial charge in [-0.25, -0.2) is 4.79 Å². The molecule has 0 aliphatic carbocycles. The number of nitrogens with zero attached hydrogens (tertiary/aromatic N) is 1. The second-order valence-corrected chi connectivity index (χ2v) is 3.64. The maximum Gasteiger partial charge on any atom is 0.307 e. The molecule has 17 heavy (non-hydrogen) atoms. The standard InChI is InChI=1S/C12H11NO4/c14-8-11-13(5-6-17-11)10-3-1-9(2-4-10)7-12(15)16/h1-4H,5-7H2,(H,15,16). The number of carboxylic acid groups (broad SMARTS) is 1. The van der Waals surface area contributed by atoms with Crippen molar-refractivity contribution in [2.45, 2.75) is 6.42 Å². The lowest BCUT2D eigenvalue weighted by molar-refractivity contribution is -0.136. The molecule has 0 amide bonds. The summed E-state index contributed by atoms with van der Waals surface area (Å²) in [7, 11) is 0. The van der Waals surface area contributed by atoms with Crippen molar-refractivity contribution >= 4 is 17.6 Å². The highest BCUT2D eigenvalue weighted by Gasteiger charge is 2.20. The summed E-state index contributed by atoms with van der Waals surface area (Å²) in [5.41, 5.74) is 1.52. The Morgan fingerprint density at radius 1 is 1.41 bits per heavy atom. The molecule has 1 aliphatic rings. The Hall–Kier alpha value is -2.26. The minimum atomic E-state index is -0.865. The average Bonchev–Trinajstić information content (AvgIpc) is 2.77. The second kappa shape index (κ2) is 4.72. The van der Waals surface area contributed by atoms with Crippen LogP contribution in [-0.4, -0.2) is 30.2 Å². The molecule has 5 heteroatoms. The van der Waals surface area contributed by atoms with Gasteiger partial charge in [0.2, 0.25) is 0 Å². The van der Waals surface area contributed by atoms with Gasteiger partial charge in [0, 0.05) is 5.69 Å². The zero-order chi connectivity index (χ0) is 12.3. The summed E-state index contributed by atoms with van der Waals surface area (Å²) in [6.07, 6.45) is -0.00679. The summed E-state index contributed by atoms with van der Waals surface area (Å²) in [6.45, 7) is 1.06. The number of carbonyl (C=O) groups is 1. The van der Waals surface area contributed by atoms with Crippen molar-refractivity contribution < 1.29 is 19.4 Å². The van der Waals surface area contributed by atoms with Crippen LogP contribution in [0.3, 0.4) is 0 Å². The van der Waals surface area contributed by atoms with Gasteiger partial charge < -0.3 is 9.84 Å². The molecule has 0 bridgehead atoms. The van der Waals surface area contributed by atoms with Gasteiger partial charge in [-0.3, -0.25) is 9.69 Å². The lowest BCUT2D eigenvalue weighted by atomic mass is 10.1. The van der Waals surface area contributed by atoms with E-state index < -0.39 is 5.97 Å². The van der Waals surface area contributed by atoms with Crippen molar-refractivity contribution in [3.8, 4) is 0 Å². The maximum absolute atomic E-state index is 10.6. The molecular weight excluding hydrogens is 222 g/mol. The largest absolute Gasteiger partial charge is 0.481 e. The predicted octanol–water partition coefficient (Wildman–Crippen LogP) is 0.823. The van der Waals surface area contributed by atoms with E-state index in [1.807, 2.05) is 0 Å². The number of benzene rings is 1. The van der Waals surface area contributed by atoms with Crippen molar-refractivity contribution in [1.82, 2.24) is 0 Å². The fourth-order valence-electron chi connectivity index (χ4n) is 1.71. The Morgan fingerprint density at radius 3 is 2.71 bits per heavy atom. The molecule has 1 heterocycles. The lowest BCUT2D eigenvalue weighted by Gasteiger charge is -2.14. The number of rotatable bonds is 3. The molecule has 0 saturated carbocycles. The molecule has 5 nitrogen and oxygen atoms in total. The highest BCUT2D eigenvalue weighted by atomic mass is 16.5. The monoisotopic (exact) mass is 233 g/mol. The van der Waals surface area contributed by atoms with Gasteiger partial charge in [0.1, 0.15) is 6.61 Å². The van der Waals surface area contributed by atoms with E-state index in [0.717, 1.165) is 11.3 Å². The Morgan fingerprint density at radius 2 is 2.12 bits per heavy atom. The zero-order valence-corrected chi connectivity index (χ0v) is 9.05. The number of carbonyl (C=O) groups excluding carboxylic acids is 1. The minimum Gasteiger partial charge on any atom is -0.481 e. The van der Waals surface area contributed by atoms with Crippen LogP contribution in [0.2, 0.25) is 0 Å². The van der Waals surface area contributed by atoms with Gasteiger partial charge in [-0.2, -0.15) is 0 Å².